The van der Waals surface area contributed by atoms with Crippen molar-refractivity contribution in [3.63, 3.8) is 0 Å². The van der Waals surface area contributed by atoms with Gasteiger partial charge >= 0.3 is 0 Å². The molecule has 0 saturated heterocycles. The van der Waals surface area contributed by atoms with Crippen LogP contribution >= 0.6 is 11.3 Å². The number of nitrogens with zero attached hydrogens (tertiary/aromatic N) is 1. The topological polar surface area (TPSA) is 46.3 Å². The second-order valence-corrected chi connectivity index (χ2v) is 6.74. The number of carbonyl (C=O) groups is 1. The van der Waals surface area contributed by atoms with Crippen LogP contribution in [0.4, 0.5) is 0 Å². The van der Waals surface area contributed by atoms with Crippen LogP contribution in [0.3, 0.4) is 0 Å². The van der Waals surface area contributed by atoms with Crippen LogP contribution < -0.4 is 5.73 Å². The molecule has 0 bridgehead atoms. The van der Waals surface area contributed by atoms with Crippen LogP contribution in [-0.4, -0.2) is 24.4 Å². The lowest BCUT2D eigenvalue weighted by Gasteiger charge is -2.31. The first-order chi connectivity index (χ1) is 10.1. The molecular weight excluding hydrogens is 280 g/mol. The van der Waals surface area contributed by atoms with Gasteiger partial charge in [-0.15, -0.1) is 11.3 Å². The minimum absolute atomic E-state index is 0.104. The van der Waals surface area contributed by atoms with Crippen molar-refractivity contribution in [1.29, 1.82) is 0 Å². The Bertz CT molecular complexity index is 547. The summed E-state index contributed by atoms with van der Waals surface area (Å²) in [6, 6.07) is 2.06. The Balaban J connectivity index is 2.02. The largest absolute Gasteiger partial charge is 0.341 e. The van der Waals surface area contributed by atoms with Gasteiger partial charge in [0.2, 0.25) is 5.91 Å². The first-order valence-electron chi connectivity index (χ1n) is 7.63. The number of rotatable bonds is 4. The molecule has 0 aliphatic heterocycles. The van der Waals surface area contributed by atoms with Crippen molar-refractivity contribution < 1.29 is 4.79 Å². The molecule has 1 aliphatic rings. The number of hydrogen-bond donors (Lipinski definition) is 1. The van der Waals surface area contributed by atoms with E-state index < -0.39 is 0 Å². The molecule has 2 N–H and O–H groups in total. The van der Waals surface area contributed by atoms with Crippen molar-refractivity contribution in [1.82, 2.24) is 4.90 Å². The summed E-state index contributed by atoms with van der Waals surface area (Å²) in [6.07, 6.45) is 5.41. The predicted octanol–water partition coefficient (Wildman–Crippen LogP) is 2.99. The van der Waals surface area contributed by atoms with Gasteiger partial charge in [-0.2, -0.15) is 0 Å². The molecule has 114 valence electrons. The lowest BCUT2D eigenvalue weighted by atomic mass is 9.82. The Labute approximate surface area is 131 Å². The fraction of sp³-hybridized carbons (Fsp3) is 0.588. The van der Waals surface area contributed by atoms with Crippen LogP contribution in [0.15, 0.2) is 11.4 Å². The molecule has 0 aromatic carbocycles. The van der Waals surface area contributed by atoms with Gasteiger partial charge < -0.3 is 10.6 Å². The molecule has 1 aliphatic carbocycles. The summed E-state index contributed by atoms with van der Waals surface area (Å²) in [5.74, 6) is 6.21. The van der Waals surface area contributed by atoms with Crippen LogP contribution in [0, 0.1) is 17.3 Å². The van der Waals surface area contributed by atoms with E-state index >= 15 is 0 Å². The Hall–Kier alpha value is -1.31. The van der Waals surface area contributed by atoms with Crippen molar-refractivity contribution in [2.24, 2.45) is 11.1 Å². The summed E-state index contributed by atoms with van der Waals surface area (Å²) in [6.45, 7) is 3.19. The second kappa shape index (κ2) is 7.11. The van der Waals surface area contributed by atoms with E-state index in [1.807, 2.05) is 11.9 Å². The molecular formula is C17H24N2OS. The zero-order valence-corrected chi connectivity index (χ0v) is 13.8. The van der Waals surface area contributed by atoms with Gasteiger partial charge in [-0.3, -0.25) is 4.79 Å². The fourth-order valence-electron chi connectivity index (χ4n) is 3.18. The van der Waals surface area contributed by atoms with Gasteiger partial charge in [0.1, 0.15) is 0 Å². The minimum atomic E-state index is -0.104. The highest BCUT2D eigenvalue weighted by molar-refractivity contribution is 7.10. The van der Waals surface area contributed by atoms with Gasteiger partial charge in [0, 0.05) is 19.0 Å². The SMILES string of the molecule is CCC1(C(=O)N(C)Cc2csc(C#CCN)c2)CCCC1. The molecule has 2 rings (SSSR count). The molecule has 1 amide bonds. The molecule has 1 aromatic heterocycles. The normalized spacial score (nSPS) is 16.3. The summed E-state index contributed by atoms with van der Waals surface area (Å²) in [5, 5.41) is 2.08. The zero-order valence-electron chi connectivity index (χ0n) is 12.9. The Morgan fingerprint density at radius 2 is 2.19 bits per heavy atom. The first kappa shape index (κ1) is 16.1. The van der Waals surface area contributed by atoms with E-state index in [0.29, 0.717) is 19.0 Å². The summed E-state index contributed by atoms with van der Waals surface area (Å²) in [4.78, 5) is 15.7. The average molecular weight is 304 g/mol. The van der Waals surface area contributed by atoms with Gasteiger partial charge in [0.25, 0.3) is 0 Å². The van der Waals surface area contributed by atoms with Crippen LogP contribution in [0.1, 0.15) is 49.5 Å². The quantitative estimate of drug-likeness (QED) is 0.869. The summed E-state index contributed by atoms with van der Waals surface area (Å²) < 4.78 is 0. The minimum Gasteiger partial charge on any atom is -0.341 e. The van der Waals surface area contributed by atoms with E-state index in [0.717, 1.165) is 29.7 Å². The number of hydrogen-bond acceptors (Lipinski definition) is 3. The average Bonchev–Trinajstić information content (AvgIpc) is 3.14. The van der Waals surface area contributed by atoms with E-state index in [4.69, 9.17) is 5.73 Å². The Kier molecular flexibility index (Phi) is 5.44. The summed E-state index contributed by atoms with van der Waals surface area (Å²) in [7, 11) is 1.92. The van der Waals surface area contributed by atoms with Gasteiger partial charge in [-0.05, 0) is 36.3 Å². The van der Waals surface area contributed by atoms with Gasteiger partial charge in [-0.1, -0.05) is 31.6 Å². The highest BCUT2D eigenvalue weighted by Gasteiger charge is 2.40. The summed E-state index contributed by atoms with van der Waals surface area (Å²) >= 11 is 1.61. The molecule has 0 radical (unpaired) electrons. The van der Waals surface area contributed by atoms with Crippen molar-refractivity contribution in [2.75, 3.05) is 13.6 Å². The number of thiophene rings is 1. The molecule has 4 heteroatoms. The molecule has 0 spiro atoms. The maximum absolute atomic E-state index is 12.8. The zero-order chi connectivity index (χ0) is 15.3. The first-order valence-corrected chi connectivity index (χ1v) is 8.51. The third kappa shape index (κ3) is 3.66. The monoisotopic (exact) mass is 304 g/mol. The molecule has 1 fully saturated rings. The van der Waals surface area contributed by atoms with Crippen LogP contribution in [0.5, 0.6) is 0 Å². The van der Waals surface area contributed by atoms with Crippen LogP contribution in [0.25, 0.3) is 0 Å². The van der Waals surface area contributed by atoms with E-state index in [1.54, 1.807) is 11.3 Å². The van der Waals surface area contributed by atoms with Crippen molar-refractivity contribution >= 4 is 17.2 Å². The van der Waals surface area contributed by atoms with E-state index in [9.17, 15) is 4.79 Å². The third-order valence-corrected chi connectivity index (χ3v) is 5.32. The molecule has 1 saturated carbocycles. The Morgan fingerprint density at radius 1 is 1.48 bits per heavy atom. The highest BCUT2D eigenvalue weighted by Crippen LogP contribution is 2.42. The second-order valence-electron chi connectivity index (χ2n) is 5.83. The number of amides is 1. The number of nitrogens with two attached hydrogens (primary N) is 1. The smallest absolute Gasteiger partial charge is 0.228 e. The van der Waals surface area contributed by atoms with E-state index in [1.165, 1.54) is 12.8 Å². The fourth-order valence-corrected chi connectivity index (χ4v) is 3.95. The summed E-state index contributed by atoms with van der Waals surface area (Å²) in [5.41, 5.74) is 6.43. The van der Waals surface area contributed by atoms with Gasteiger partial charge in [0.15, 0.2) is 0 Å². The van der Waals surface area contributed by atoms with Gasteiger partial charge in [-0.25, -0.2) is 0 Å². The van der Waals surface area contributed by atoms with E-state index in [-0.39, 0.29) is 5.41 Å². The molecule has 1 heterocycles. The third-order valence-electron chi connectivity index (χ3n) is 4.42. The van der Waals surface area contributed by atoms with Gasteiger partial charge in [0.05, 0.1) is 11.4 Å². The van der Waals surface area contributed by atoms with Crippen LogP contribution in [0.2, 0.25) is 0 Å². The van der Waals surface area contributed by atoms with Crippen molar-refractivity contribution in [3.05, 3.63) is 21.9 Å². The highest BCUT2D eigenvalue weighted by atomic mass is 32.1. The predicted molar refractivity (Wildman–Crippen MR) is 87.9 cm³/mol. The standard InChI is InChI=1S/C17H24N2OS/c1-3-17(8-4-5-9-17)16(20)19(2)12-14-11-15(21-13-14)7-6-10-18/h11,13H,3-5,8-10,12,18H2,1-2H3. The Morgan fingerprint density at radius 3 is 2.81 bits per heavy atom. The lowest BCUT2D eigenvalue weighted by Crippen LogP contribution is -2.39. The maximum Gasteiger partial charge on any atom is 0.228 e. The maximum atomic E-state index is 12.8. The lowest BCUT2D eigenvalue weighted by molar-refractivity contribution is -0.141. The molecule has 21 heavy (non-hydrogen) atoms. The van der Waals surface area contributed by atoms with Crippen molar-refractivity contribution in [3.8, 4) is 11.8 Å². The molecule has 3 nitrogen and oxygen atoms in total. The van der Waals surface area contributed by atoms with Crippen LogP contribution in [-0.2, 0) is 11.3 Å². The molecule has 0 unspecified atom stereocenters. The molecule has 1 aromatic rings. The van der Waals surface area contributed by atoms with Crippen molar-refractivity contribution in [2.45, 2.75) is 45.6 Å². The molecule has 0 atom stereocenters. The van der Waals surface area contributed by atoms with E-state index in [2.05, 4.69) is 30.2 Å². The number of carbonyl (C=O) groups excluding carboxylic acids is 1.